The summed E-state index contributed by atoms with van der Waals surface area (Å²) in [6, 6.07) is 11.2. The van der Waals surface area contributed by atoms with Crippen molar-refractivity contribution in [3.8, 4) is 0 Å². The Morgan fingerprint density at radius 3 is 2.55 bits per heavy atom. The van der Waals surface area contributed by atoms with Crippen LogP contribution in [-0.4, -0.2) is 5.78 Å². The molecule has 0 aromatic heterocycles. The van der Waals surface area contributed by atoms with Gasteiger partial charge in [-0.25, -0.2) is 0 Å². The van der Waals surface area contributed by atoms with Gasteiger partial charge in [0.25, 0.3) is 0 Å². The summed E-state index contributed by atoms with van der Waals surface area (Å²) in [6.07, 6.45) is 6.42. The average molecular weight is 378 g/mol. The van der Waals surface area contributed by atoms with Crippen molar-refractivity contribution >= 4 is 39.4 Å². The molecule has 0 saturated carbocycles. The molecular formula is C19H18BrClO. The summed E-state index contributed by atoms with van der Waals surface area (Å²) in [5.41, 5.74) is 3.28. The van der Waals surface area contributed by atoms with Gasteiger partial charge in [0.15, 0.2) is 5.78 Å². The molecule has 2 rings (SSSR count). The fraction of sp³-hybridized carbons (Fsp3) is 0.211. The smallest absolute Gasteiger partial charge is 0.194 e. The van der Waals surface area contributed by atoms with Crippen LogP contribution in [0.2, 0.25) is 5.02 Å². The van der Waals surface area contributed by atoms with Crippen LogP contribution < -0.4 is 0 Å². The largest absolute Gasteiger partial charge is 0.289 e. The maximum absolute atomic E-state index is 12.6. The highest BCUT2D eigenvalue weighted by Gasteiger charge is 2.14. The van der Waals surface area contributed by atoms with Gasteiger partial charge in [-0.15, -0.1) is 0 Å². The molecule has 3 heteroatoms. The first kappa shape index (κ1) is 17.0. The SMILES string of the molecule is CCCC=Cc1ccc(C(=O)c2cc(Br)c(C)cc2Cl)cc1. The van der Waals surface area contributed by atoms with E-state index in [1.165, 1.54) is 0 Å². The van der Waals surface area contributed by atoms with Crippen molar-refractivity contribution in [2.24, 2.45) is 0 Å². The number of ketones is 1. The molecule has 0 N–H and O–H groups in total. The van der Waals surface area contributed by atoms with Crippen LogP contribution in [0.1, 0.15) is 46.8 Å². The Labute approximate surface area is 145 Å². The van der Waals surface area contributed by atoms with E-state index in [0.29, 0.717) is 16.1 Å². The van der Waals surface area contributed by atoms with Crippen molar-refractivity contribution in [1.29, 1.82) is 0 Å². The van der Waals surface area contributed by atoms with Gasteiger partial charge in [0, 0.05) is 15.6 Å². The van der Waals surface area contributed by atoms with Crippen LogP contribution in [0.3, 0.4) is 0 Å². The second kappa shape index (κ2) is 7.75. The number of benzene rings is 2. The highest BCUT2D eigenvalue weighted by atomic mass is 79.9. The van der Waals surface area contributed by atoms with Crippen LogP contribution in [0.25, 0.3) is 6.08 Å². The number of carbonyl (C=O) groups excluding carboxylic acids is 1. The predicted molar refractivity (Wildman–Crippen MR) is 97.7 cm³/mol. The highest BCUT2D eigenvalue weighted by Crippen LogP contribution is 2.27. The minimum absolute atomic E-state index is 0.0604. The Morgan fingerprint density at radius 2 is 1.91 bits per heavy atom. The standard InChI is InChI=1S/C19H18BrClO/c1-3-4-5-6-14-7-9-15(10-8-14)19(22)16-12-17(20)13(2)11-18(16)21/h5-12H,3-4H2,1-2H3. The Balaban J connectivity index is 2.25. The first-order chi connectivity index (χ1) is 10.5. The summed E-state index contributed by atoms with van der Waals surface area (Å²) in [7, 11) is 0. The first-order valence-corrected chi connectivity index (χ1v) is 8.47. The minimum atomic E-state index is -0.0604. The van der Waals surface area contributed by atoms with Crippen molar-refractivity contribution in [3.63, 3.8) is 0 Å². The van der Waals surface area contributed by atoms with Crippen LogP contribution in [0, 0.1) is 6.92 Å². The second-order valence-corrected chi connectivity index (χ2v) is 6.48. The van der Waals surface area contributed by atoms with E-state index in [9.17, 15) is 4.79 Å². The molecule has 114 valence electrons. The predicted octanol–water partition coefficient (Wildman–Crippen LogP) is 6.46. The molecule has 0 fully saturated rings. The molecule has 0 aliphatic rings. The van der Waals surface area contributed by atoms with E-state index in [0.717, 1.165) is 28.4 Å². The Kier molecular flexibility index (Phi) is 5.98. The van der Waals surface area contributed by atoms with E-state index in [1.807, 2.05) is 31.2 Å². The van der Waals surface area contributed by atoms with E-state index in [2.05, 4.69) is 35.0 Å². The fourth-order valence-corrected chi connectivity index (χ4v) is 2.75. The number of aryl methyl sites for hydroxylation is 1. The quantitative estimate of drug-likeness (QED) is 0.547. The zero-order valence-corrected chi connectivity index (χ0v) is 15.0. The van der Waals surface area contributed by atoms with Crippen LogP contribution >= 0.6 is 27.5 Å². The Hall–Kier alpha value is -1.38. The van der Waals surface area contributed by atoms with Gasteiger partial charge in [0.1, 0.15) is 0 Å². The molecule has 0 radical (unpaired) electrons. The molecule has 0 bridgehead atoms. The molecule has 1 nitrogen and oxygen atoms in total. The third kappa shape index (κ3) is 4.08. The number of rotatable bonds is 5. The fourth-order valence-electron chi connectivity index (χ4n) is 2.11. The summed E-state index contributed by atoms with van der Waals surface area (Å²) in [6.45, 7) is 4.09. The van der Waals surface area contributed by atoms with Crippen molar-refractivity contribution < 1.29 is 4.79 Å². The molecule has 0 spiro atoms. The summed E-state index contributed by atoms with van der Waals surface area (Å²) in [5.74, 6) is -0.0604. The summed E-state index contributed by atoms with van der Waals surface area (Å²) >= 11 is 9.66. The molecule has 0 atom stereocenters. The van der Waals surface area contributed by atoms with Crippen molar-refractivity contribution in [2.75, 3.05) is 0 Å². The normalized spacial score (nSPS) is 11.1. The Morgan fingerprint density at radius 1 is 1.23 bits per heavy atom. The number of hydrogen-bond acceptors (Lipinski definition) is 1. The Bertz CT molecular complexity index is 702. The molecule has 0 unspecified atom stereocenters. The lowest BCUT2D eigenvalue weighted by Gasteiger charge is -2.07. The topological polar surface area (TPSA) is 17.1 Å². The number of carbonyl (C=O) groups is 1. The van der Waals surface area contributed by atoms with Crippen LogP contribution in [-0.2, 0) is 0 Å². The highest BCUT2D eigenvalue weighted by molar-refractivity contribution is 9.10. The molecule has 0 aliphatic heterocycles. The lowest BCUT2D eigenvalue weighted by Crippen LogP contribution is -2.02. The molecule has 0 aliphatic carbocycles. The summed E-state index contributed by atoms with van der Waals surface area (Å²) < 4.78 is 0.888. The molecular weight excluding hydrogens is 360 g/mol. The maximum atomic E-state index is 12.6. The molecule has 2 aromatic rings. The third-order valence-electron chi connectivity index (χ3n) is 3.43. The van der Waals surface area contributed by atoms with E-state index < -0.39 is 0 Å². The van der Waals surface area contributed by atoms with E-state index in [4.69, 9.17) is 11.6 Å². The average Bonchev–Trinajstić information content (AvgIpc) is 2.51. The zero-order chi connectivity index (χ0) is 16.1. The van der Waals surface area contributed by atoms with Gasteiger partial charge in [-0.1, -0.05) is 77.3 Å². The minimum Gasteiger partial charge on any atom is -0.289 e. The number of unbranched alkanes of at least 4 members (excludes halogenated alkanes) is 1. The van der Waals surface area contributed by atoms with Crippen molar-refractivity contribution in [3.05, 3.63) is 74.2 Å². The van der Waals surface area contributed by atoms with Crippen molar-refractivity contribution in [2.45, 2.75) is 26.7 Å². The molecule has 0 saturated heterocycles. The van der Waals surface area contributed by atoms with Crippen LogP contribution in [0.5, 0.6) is 0 Å². The second-order valence-electron chi connectivity index (χ2n) is 5.22. The third-order valence-corrected chi connectivity index (χ3v) is 4.60. The van der Waals surface area contributed by atoms with E-state index in [-0.39, 0.29) is 5.78 Å². The summed E-state index contributed by atoms with van der Waals surface area (Å²) in [5, 5.41) is 0.484. The van der Waals surface area contributed by atoms with Crippen molar-refractivity contribution in [1.82, 2.24) is 0 Å². The number of halogens is 2. The van der Waals surface area contributed by atoms with Gasteiger partial charge in [-0.05, 0) is 36.6 Å². The van der Waals surface area contributed by atoms with Crippen LogP contribution in [0.4, 0.5) is 0 Å². The van der Waals surface area contributed by atoms with Gasteiger partial charge >= 0.3 is 0 Å². The van der Waals surface area contributed by atoms with Gasteiger partial charge < -0.3 is 0 Å². The molecule has 0 amide bonds. The van der Waals surface area contributed by atoms with E-state index >= 15 is 0 Å². The summed E-state index contributed by atoms with van der Waals surface area (Å²) in [4.78, 5) is 12.6. The first-order valence-electron chi connectivity index (χ1n) is 7.30. The van der Waals surface area contributed by atoms with E-state index in [1.54, 1.807) is 12.1 Å². The lowest BCUT2D eigenvalue weighted by atomic mass is 10.0. The van der Waals surface area contributed by atoms with Gasteiger partial charge in [-0.2, -0.15) is 0 Å². The zero-order valence-electron chi connectivity index (χ0n) is 12.7. The molecule has 22 heavy (non-hydrogen) atoms. The van der Waals surface area contributed by atoms with Gasteiger partial charge in [-0.3, -0.25) is 4.79 Å². The number of hydrogen-bond donors (Lipinski definition) is 0. The molecule has 0 heterocycles. The molecule has 2 aromatic carbocycles. The van der Waals surface area contributed by atoms with Gasteiger partial charge in [0.2, 0.25) is 0 Å². The van der Waals surface area contributed by atoms with Gasteiger partial charge in [0.05, 0.1) is 5.02 Å². The lowest BCUT2D eigenvalue weighted by molar-refractivity contribution is 0.103. The van der Waals surface area contributed by atoms with Crippen LogP contribution in [0.15, 0.2) is 46.9 Å². The maximum Gasteiger partial charge on any atom is 0.194 e. The monoisotopic (exact) mass is 376 g/mol. The number of allylic oxidation sites excluding steroid dienone is 1.